The highest BCUT2D eigenvalue weighted by Gasteiger charge is 2.20. The predicted molar refractivity (Wildman–Crippen MR) is 89.4 cm³/mol. The maximum Gasteiger partial charge on any atom is 0.147 e. The van der Waals surface area contributed by atoms with Gasteiger partial charge in [0.05, 0.1) is 21.8 Å². The summed E-state index contributed by atoms with van der Waals surface area (Å²) in [6.07, 6.45) is 8.10. The Bertz CT molecular complexity index is 574. The lowest BCUT2D eigenvalue weighted by Crippen LogP contribution is -2.15. The first-order chi connectivity index (χ1) is 10.2. The van der Waals surface area contributed by atoms with E-state index in [0.29, 0.717) is 12.6 Å². The van der Waals surface area contributed by atoms with Gasteiger partial charge in [-0.3, -0.25) is 0 Å². The van der Waals surface area contributed by atoms with Crippen LogP contribution >= 0.6 is 31.9 Å². The van der Waals surface area contributed by atoms with Crippen molar-refractivity contribution in [2.24, 2.45) is 0 Å². The van der Waals surface area contributed by atoms with E-state index in [1.807, 2.05) is 10.8 Å². The van der Waals surface area contributed by atoms with Crippen molar-refractivity contribution in [3.05, 3.63) is 45.4 Å². The molecule has 1 fully saturated rings. The van der Waals surface area contributed by atoms with Gasteiger partial charge in [0.2, 0.25) is 0 Å². The van der Waals surface area contributed by atoms with E-state index in [1.54, 1.807) is 12.5 Å². The molecule has 1 heterocycles. The smallest absolute Gasteiger partial charge is 0.147 e. The summed E-state index contributed by atoms with van der Waals surface area (Å²) in [4.78, 5) is 4.02. The molecule has 0 bridgehead atoms. The van der Waals surface area contributed by atoms with E-state index in [9.17, 15) is 0 Å². The van der Waals surface area contributed by atoms with E-state index in [1.165, 1.54) is 18.4 Å². The Hall–Kier alpha value is -0.850. The molecular formula is C15H17Br2N3O. The fraction of sp³-hybridized carbons (Fsp3) is 0.400. The van der Waals surface area contributed by atoms with Gasteiger partial charge in [0, 0.05) is 25.0 Å². The lowest BCUT2D eigenvalue weighted by atomic mass is 10.2. The number of rotatable bonds is 7. The standard InChI is InChI=1S/C15H17Br2N3O/c16-13-7-11(9-19-12-1-2-12)8-14(17)15(13)21-6-5-20-4-3-18-10-20/h3-4,7-8,10,12,19H,1-2,5-6,9H2. The molecule has 112 valence electrons. The average Bonchev–Trinajstić information content (AvgIpc) is 3.14. The van der Waals surface area contributed by atoms with Crippen molar-refractivity contribution in [1.82, 2.24) is 14.9 Å². The molecule has 4 nitrogen and oxygen atoms in total. The van der Waals surface area contributed by atoms with Gasteiger partial charge >= 0.3 is 0 Å². The van der Waals surface area contributed by atoms with Crippen LogP contribution in [0.25, 0.3) is 0 Å². The van der Waals surface area contributed by atoms with Crippen molar-refractivity contribution in [1.29, 1.82) is 0 Å². The molecule has 0 aliphatic heterocycles. The summed E-state index contributed by atoms with van der Waals surface area (Å²) in [5.74, 6) is 0.852. The van der Waals surface area contributed by atoms with Gasteiger partial charge in [-0.1, -0.05) is 0 Å². The topological polar surface area (TPSA) is 39.1 Å². The third-order valence-electron chi connectivity index (χ3n) is 3.39. The van der Waals surface area contributed by atoms with Crippen molar-refractivity contribution >= 4 is 31.9 Å². The Morgan fingerprint density at radius 3 is 2.67 bits per heavy atom. The molecule has 3 rings (SSSR count). The van der Waals surface area contributed by atoms with Gasteiger partial charge in [-0.05, 0) is 62.4 Å². The lowest BCUT2D eigenvalue weighted by Gasteiger charge is -2.13. The van der Waals surface area contributed by atoms with E-state index in [0.717, 1.165) is 27.8 Å². The van der Waals surface area contributed by atoms with Crippen LogP contribution in [0.2, 0.25) is 0 Å². The highest BCUT2D eigenvalue weighted by atomic mass is 79.9. The summed E-state index contributed by atoms with van der Waals surface area (Å²) in [6.45, 7) is 2.29. The normalized spacial score (nSPS) is 14.4. The number of nitrogens with zero attached hydrogens (tertiary/aromatic N) is 2. The molecule has 1 aliphatic rings. The maximum absolute atomic E-state index is 5.87. The highest BCUT2D eigenvalue weighted by Crippen LogP contribution is 2.35. The van der Waals surface area contributed by atoms with Gasteiger partial charge in [0.15, 0.2) is 0 Å². The zero-order chi connectivity index (χ0) is 14.7. The molecule has 0 amide bonds. The minimum Gasteiger partial charge on any atom is -0.489 e. The van der Waals surface area contributed by atoms with Gasteiger partial charge in [0.25, 0.3) is 0 Å². The van der Waals surface area contributed by atoms with Crippen molar-refractivity contribution in [2.45, 2.75) is 32.0 Å². The van der Waals surface area contributed by atoms with Crippen LogP contribution in [0.5, 0.6) is 5.75 Å². The predicted octanol–water partition coefficient (Wildman–Crippen LogP) is 3.74. The number of hydrogen-bond acceptors (Lipinski definition) is 3. The van der Waals surface area contributed by atoms with Crippen LogP contribution in [0.3, 0.4) is 0 Å². The molecule has 1 N–H and O–H groups in total. The van der Waals surface area contributed by atoms with Crippen LogP contribution in [-0.2, 0) is 13.1 Å². The second kappa shape index (κ2) is 6.94. The quantitative estimate of drug-likeness (QED) is 0.749. The van der Waals surface area contributed by atoms with Gasteiger partial charge in [-0.2, -0.15) is 0 Å². The Balaban J connectivity index is 1.58. The Kier molecular flexibility index (Phi) is 4.98. The van der Waals surface area contributed by atoms with Gasteiger partial charge in [-0.25, -0.2) is 4.98 Å². The van der Waals surface area contributed by atoms with Crippen molar-refractivity contribution in [3.8, 4) is 5.75 Å². The Morgan fingerprint density at radius 1 is 1.29 bits per heavy atom. The zero-order valence-corrected chi connectivity index (χ0v) is 14.7. The van der Waals surface area contributed by atoms with Crippen molar-refractivity contribution < 1.29 is 4.74 Å². The molecule has 0 radical (unpaired) electrons. The third-order valence-corrected chi connectivity index (χ3v) is 4.56. The van der Waals surface area contributed by atoms with Crippen LogP contribution in [0.15, 0.2) is 39.8 Å². The number of nitrogens with one attached hydrogen (secondary N) is 1. The SMILES string of the molecule is Brc1cc(CNC2CC2)cc(Br)c1OCCn1ccnc1. The van der Waals surface area contributed by atoms with Gasteiger partial charge < -0.3 is 14.6 Å². The second-order valence-corrected chi connectivity index (χ2v) is 6.90. The Labute approximate surface area is 141 Å². The summed E-state index contributed by atoms with van der Waals surface area (Å²) in [7, 11) is 0. The molecule has 1 aromatic carbocycles. The number of ether oxygens (including phenoxy) is 1. The molecular weight excluding hydrogens is 398 g/mol. The highest BCUT2D eigenvalue weighted by molar-refractivity contribution is 9.11. The van der Waals surface area contributed by atoms with Crippen molar-refractivity contribution in [2.75, 3.05) is 6.61 Å². The summed E-state index contributed by atoms with van der Waals surface area (Å²) in [5.41, 5.74) is 1.25. The molecule has 1 saturated carbocycles. The van der Waals surface area contributed by atoms with Gasteiger partial charge in [0.1, 0.15) is 12.4 Å². The minimum atomic E-state index is 0.604. The molecule has 6 heteroatoms. The zero-order valence-electron chi connectivity index (χ0n) is 11.6. The number of aromatic nitrogens is 2. The van der Waals surface area contributed by atoms with E-state index >= 15 is 0 Å². The molecule has 0 saturated heterocycles. The number of benzene rings is 1. The van der Waals surface area contributed by atoms with Gasteiger partial charge in [-0.15, -0.1) is 0 Å². The van der Waals surface area contributed by atoms with Crippen LogP contribution in [0.1, 0.15) is 18.4 Å². The largest absolute Gasteiger partial charge is 0.489 e. The fourth-order valence-corrected chi connectivity index (χ4v) is 3.58. The summed E-state index contributed by atoms with van der Waals surface area (Å²) < 4.78 is 9.83. The maximum atomic E-state index is 5.87. The minimum absolute atomic E-state index is 0.604. The first-order valence-electron chi connectivity index (χ1n) is 7.02. The average molecular weight is 415 g/mol. The number of imidazole rings is 1. The molecule has 0 spiro atoms. The molecule has 1 aromatic heterocycles. The summed E-state index contributed by atoms with van der Waals surface area (Å²) in [6, 6.07) is 4.95. The second-order valence-electron chi connectivity index (χ2n) is 5.19. The molecule has 1 aliphatic carbocycles. The number of hydrogen-bond donors (Lipinski definition) is 1. The fourth-order valence-electron chi connectivity index (χ4n) is 2.07. The monoisotopic (exact) mass is 413 g/mol. The number of halogens is 2. The van der Waals surface area contributed by atoms with Crippen LogP contribution < -0.4 is 10.1 Å². The summed E-state index contributed by atoms with van der Waals surface area (Å²) in [5, 5.41) is 3.52. The molecule has 0 unspecified atom stereocenters. The van der Waals surface area contributed by atoms with Crippen LogP contribution in [-0.4, -0.2) is 22.2 Å². The Morgan fingerprint density at radius 2 is 2.05 bits per heavy atom. The third kappa shape index (κ3) is 4.31. The summed E-state index contributed by atoms with van der Waals surface area (Å²) >= 11 is 7.20. The first kappa shape index (κ1) is 15.1. The molecule has 21 heavy (non-hydrogen) atoms. The van der Waals surface area contributed by atoms with E-state index in [4.69, 9.17) is 4.74 Å². The molecule has 0 atom stereocenters. The van der Waals surface area contributed by atoms with Crippen LogP contribution in [0.4, 0.5) is 0 Å². The lowest BCUT2D eigenvalue weighted by molar-refractivity contribution is 0.294. The van der Waals surface area contributed by atoms with Crippen LogP contribution in [0, 0.1) is 0 Å². The molecule has 2 aromatic rings. The first-order valence-corrected chi connectivity index (χ1v) is 8.61. The van der Waals surface area contributed by atoms with E-state index in [-0.39, 0.29) is 0 Å². The van der Waals surface area contributed by atoms with E-state index in [2.05, 4.69) is 54.3 Å². The van der Waals surface area contributed by atoms with Crippen molar-refractivity contribution in [3.63, 3.8) is 0 Å². The van der Waals surface area contributed by atoms with E-state index < -0.39 is 0 Å².